The molecule has 1 heterocycles. The zero-order chi connectivity index (χ0) is 12.8. The molecule has 0 aliphatic rings. The molecule has 0 saturated carbocycles. The van der Waals surface area contributed by atoms with Gasteiger partial charge in [-0.1, -0.05) is 50.1 Å². The predicted molar refractivity (Wildman–Crippen MR) is 77.6 cm³/mol. The molecule has 0 amide bonds. The van der Waals surface area contributed by atoms with E-state index in [0.717, 1.165) is 5.69 Å². The molecule has 0 bridgehead atoms. The van der Waals surface area contributed by atoms with E-state index in [0.29, 0.717) is 0 Å². The van der Waals surface area contributed by atoms with Gasteiger partial charge in [0, 0.05) is 17.5 Å². The molecule has 1 heteroatoms. The topological polar surface area (TPSA) is 12.9 Å². The van der Waals surface area contributed by atoms with Crippen LogP contribution in [0.5, 0.6) is 0 Å². The fourth-order valence-corrected chi connectivity index (χ4v) is 2.22. The van der Waals surface area contributed by atoms with E-state index >= 15 is 0 Å². The minimum Gasteiger partial charge on any atom is -0.261 e. The summed E-state index contributed by atoms with van der Waals surface area (Å²) in [4.78, 5) is 4.34. The summed E-state index contributed by atoms with van der Waals surface area (Å²) in [5.41, 5.74) is 5.03. The van der Waals surface area contributed by atoms with Crippen LogP contribution in [-0.4, -0.2) is 4.98 Å². The van der Waals surface area contributed by atoms with Crippen LogP contribution in [-0.2, 0) is 6.42 Å². The van der Waals surface area contributed by atoms with E-state index in [2.05, 4.69) is 49.2 Å². The van der Waals surface area contributed by atoms with Crippen LogP contribution in [0.25, 0.3) is 11.1 Å². The molecule has 0 saturated heterocycles. The molecule has 0 aliphatic carbocycles. The highest BCUT2D eigenvalue weighted by atomic mass is 14.7. The first-order valence-electron chi connectivity index (χ1n) is 6.82. The molecule has 1 aromatic heterocycles. The maximum atomic E-state index is 4.34. The lowest BCUT2D eigenvalue weighted by Gasteiger charge is -2.06. The second-order valence-corrected chi connectivity index (χ2v) is 4.79. The zero-order valence-electron chi connectivity index (χ0n) is 11.3. The number of nitrogens with zero attached hydrogens (tertiary/aromatic N) is 1. The Balaban J connectivity index is 2.10. The van der Waals surface area contributed by atoms with Crippen molar-refractivity contribution >= 4 is 0 Å². The lowest BCUT2D eigenvalue weighted by Crippen LogP contribution is -1.88. The number of benzene rings is 1. The molecule has 2 rings (SSSR count). The Morgan fingerprint density at radius 3 is 2.44 bits per heavy atom. The fraction of sp³-hybridized carbons (Fsp3) is 0.353. The SMILES string of the molecule is CCCCCc1ccc(-c2cccnc2C)cc1. The van der Waals surface area contributed by atoms with Crippen LogP contribution >= 0.6 is 0 Å². The minimum absolute atomic E-state index is 1.09. The van der Waals surface area contributed by atoms with Gasteiger partial charge in [-0.25, -0.2) is 0 Å². The van der Waals surface area contributed by atoms with Crippen molar-refractivity contribution in [3.63, 3.8) is 0 Å². The van der Waals surface area contributed by atoms with Crippen molar-refractivity contribution in [1.29, 1.82) is 0 Å². The number of rotatable bonds is 5. The molecule has 0 fully saturated rings. The van der Waals surface area contributed by atoms with E-state index in [1.54, 1.807) is 0 Å². The average molecular weight is 239 g/mol. The fourth-order valence-electron chi connectivity index (χ4n) is 2.22. The number of hydrogen-bond acceptors (Lipinski definition) is 1. The summed E-state index contributed by atoms with van der Waals surface area (Å²) in [5, 5.41) is 0. The molecule has 0 N–H and O–H groups in total. The predicted octanol–water partition coefficient (Wildman–Crippen LogP) is 4.79. The van der Waals surface area contributed by atoms with Crippen molar-refractivity contribution in [3.05, 3.63) is 53.9 Å². The molecule has 18 heavy (non-hydrogen) atoms. The highest BCUT2D eigenvalue weighted by Gasteiger charge is 2.01. The van der Waals surface area contributed by atoms with E-state index in [1.165, 1.54) is 42.4 Å². The molecule has 0 spiro atoms. The third-order valence-electron chi connectivity index (χ3n) is 3.34. The number of aromatic nitrogens is 1. The summed E-state index contributed by atoms with van der Waals surface area (Å²) < 4.78 is 0. The Bertz CT molecular complexity index is 485. The van der Waals surface area contributed by atoms with Gasteiger partial charge in [0.2, 0.25) is 0 Å². The van der Waals surface area contributed by atoms with Gasteiger partial charge < -0.3 is 0 Å². The second kappa shape index (κ2) is 6.34. The molecule has 2 aromatic rings. The van der Waals surface area contributed by atoms with Crippen molar-refractivity contribution in [1.82, 2.24) is 4.98 Å². The number of unbranched alkanes of at least 4 members (excludes halogenated alkanes) is 2. The summed E-state index contributed by atoms with van der Waals surface area (Å²) in [7, 11) is 0. The second-order valence-electron chi connectivity index (χ2n) is 4.79. The molecule has 0 radical (unpaired) electrons. The van der Waals surface area contributed by atoms with Gasteiger partial charge >= 0.3 is 0 Å². The van der Waals surface area contributed by atoms with Crippen molar-refractivity contribution in [2.24, 2.45) is 0 Å². The Morgan fingerprint density at radius 1 is 1.00 bits per heavy atom. The summed E-state index contributed by atoms with van der Waals surface area (Å²) in [6, 6.07) is 13.1. The minimum atomic E-state index is 1.09. The van der Waals surface area contributed by atoms with Crippen LogP contribution in [0, 0.1) is 6.92 Å². The Hall–Kier alpha value is -1.63. The van der Waals surface area contributed by atoms with Gasteiger partial charge in [-0.2, -0.15) is 0 Å². The van der Waals surface area contributed by atoms with E-state index in [-0.39, 0.29) is 0 Å². The molecule has 0 unspecified atom stereocenters. The van der Waals surface area contributed by atoms with Crippen molar-refractivity contribution in [2.75, 3.05) is 0 Å². The van der Waals surface area contributed by atoms with Crippen LogP contribution in [0.3, 0.4) is 0 Å². The van der Waals surface area contributed by atoms with Crippen LogP contribution in [0.15, 0.2) is 42.6 Å². The summed E-state index contributed by atoms with van der Waals surface area (Å²) in [6.45, 7) is 4.30. The van der Waals surface area contributed by atoms with Crippen LogP contribution in [0.1, 0.15) is 37.4 Å². The highest BCUT2D eigenvalue weighted by Crippen LogP contribution is 2.22. The first kappa shape index (κ1) is 12.8. The van der Waals surface area contributed by atoms with Crippen molar-refractivity contribution < 1.29 is 0 Å². The molecule has 0 atom stereocenters. The zero-order valence-corrected chi connectivity index (χ0v) is 11.3. The van der Waals surface area contributed by atoms with Gasteiger partial charge in [0.05, 0.1) is 0 Å². The van der Waals surface area contributed by atoms with Crippen molar-refractivity contribution in [3.8, 4) is 11.1 Å². The summed E-state index contributed by atoms with van der Waals surface area (Å²) >= 11 is 0. The van der Waals surface area contributed by atoms with E-state index in [9.17, 15) is 0 Å². The van der Waals surface area contributed by atoms with Crippen LogP contribution in [0.2, 0.25) is 0 Å². The first-order chi connectivity index (χ1) is 8.81. The van der Waals surface area contributed by atoms with Crippen LogP contribution < -0.4 is 0 Å². The lowest BCUT2D eigenvalue weighted by molar-refractivity contribution is 0.717. The van der Waals surface area contributed by atoms with E-state index < -0.39 is 0 Å². The van der Waals surface area contributed by atoms with Crippen LogP contribution in [0.4, 0.5) is 0 Å². The molecule has 1 nitrogen and oxygen atoms in total. The number of aryl methyl sites for hydroxylation is 2. The Morgan fingerprint density at radius 2 is 1.78 bits per heavy atom. The average Bonchev–Trinajstić information content (AvgIpc) is 2.41. The van der Waals surface area contributed by atoms with E-state index in [4.69, 9.17) is 0 Å². The maximum absolute atomic E-state index is 4.34. The van der Waals surface area contributed by atoms with Crippen molar-refractivity contribution in [2.45, 2.75) is 39.5 Å². The van der Waals surface area contributed by atoms with Gasteiger partial charge in [-0.15, -0.1) is 0 Å². The monoisotopic (exact) mass is 239 g/mol. The molecular formula is C17H21N. The normalized spacial score (nSPS) is 10.6. The summed E-state index contributed by atoms with van der Waals surface area (Å²) in [5.74, 6) is 0. The highest BCUT2D eigenvalue weighted by molar-refractivity contribution is 5.65. The molecule has 0 aliphatic heterocycles. The van der Waals surface area contributed by atoms with Gasteiger partial charge in [0.25, 0.3) is 0 Å². The third-order valence-corrected chi connectivity index (χ3v) is 3.34. The van der Waals surface area contributed by atoms with Gasteiger partial charge in [-0.3, -0.25) is 4.98 Å². The largest absolute Gasteiger partial charge is 0.261 e. The quantitative estimate of drug-likeness (QED) is 0.684. The van der Waals surface area contributed by atoms with Gasteiger partial charge in [0.1, 0.15) is 0 Å². The number of hydrogen-bond donors (Lipinski definition) is 0. The Kier molecular flexibility index (Phi) is 4.52. The smallest absolute Gasteiger partial charge is 0.0450 e. The standard InChI is InChI=1S/C17H21N/c1-3-4-5-7-15-9-11-16(12-10-15)17-8-6-13-18-14(17)2/h6,8-13H,3-5,7H2,1-2H3. The first-order valence-corrected chi connectivity index (χ1v) is 6.82. The number of pyridine rings is 1. The van der Waals surface area contributed by atoms with Gasteiger partial charge in [-0.05, 0) is 37.0 Å². The maximum Gasteiger partial charge on any atom is 0.0450 e. The van der Waals surface area contributed by atoms with Gasteiger partial charge in [0.15, 0.2) is 0 Å². The molecular weight excluding hydrogens is 218 g/mol. The lowest BCUT2D eigenvalue weighted by atomic mass is 10.0. The molecule has 1 aromatic carbocycles. The third kappa shape index (κ3) is 3.19. The molecule has 94 valence electrons. The van der Waals surface area contributed by atoms with E-state index in [1.807, 2.05) is 12.3 Å². The Labute approximate surface area is 110 Å². The summed E-state index contributed by atoms with van der Waals surface area (Å²) in [6.07, 6.45) is 6.94.